The highest BCUT2D eigenvalue weighted by atomic mass is 127. The molecule has 0 spiro atoms. The lowest BCUT2D eigenvalue weighted by atomic mass is 10.1. The summed E-state index contributed by atoms with van der Waals surface area (Å²) in [5, 5.41) is 10.1. The average Bonchev–Trinajstić information content (AvgIpc) is 2.47. The van der Waals surface area contributed by atoms with Crippen LogP contribution >= 0.6 is 33.9 Å². The number of hydrogen-bond donors (Lipinski definition) is 0. The van der Waals surface area contributed by atoms with Crippen LogP contribution in [-0.2, 0) is 0 Å². The first kappa shape index (κ1) is 8.97. The Balaban J connectivity index is 2.87. The van der Waals surface area contributed by atoms with E-state index in [1.807, 2.05) is 19.1 Å². The van der Waals surface area contributed by atoms with E-state index >= 15 is 0 Å². The van der Waals surface area contributed by atoms with Crippen LogP contribution in [0.25, 0.3) is 10.1 Å². The maximum Gasteiger partial charge on any atom is 0.0994 e. The molecule has 0 N–H and O–H groups in total. The van der Waals surface area contributed by atoms with Crippen LogP contribution in [0.3, 0.4) is 0 Å². The second kappa shape index (κ2) is 3.28. The maximum atomic E-state index is 8.84. The van der Waals surface area contributed by atoms with Crippen molar-refractivity contribution in [2.75, 3.05) is 0 Å². The molecule has 0 fully saturated rings. The van der Waals surface area contributed by atoms with Crippen molar-refractivity contribution in [1.82, 2.24) is 0 Å². The molecular formula is C10H6INS. The van der Waals surface area contributed by atoms with Gasteiger partial charge in [-0.2, -0.15) is 5.26 Å². The molecule has 1 heterocycles. The number of nitriles is 1. The Hall–Kier alpha value is -0.600. The predicted molar refractivity (Wildman–Crippen MR) is 64.0 cm³/mol. The summed E-state index contributed by atoms with van der Waals surface area (Å²) in [5.74, 6) is 0. The minimum absolute atomic E-state index is 0.783. The van der Waals surface area contributed by atoms with Gasteiger partial charge in [0, 0.05) is 4.70 Å². The number of fused-ring (bicyclic) bond motifs is 1. The van der Waals surface area contributed by atoms with Gasteiger partial charge in [0.2, 0.25) is 0 Å². The molecule has 0 aliphatic carbocycles. The van der Waals surface area contributed by atoms with Crippen LogP contribution in [0.5, 0.6) is 0 Å². The number of halogens is 1. The van der Waals surface area contributed by atoms with Crippen molar-refractivity contribution in [2.24, 2.45) is 0 Å². The summed E-state index contributed by atoms with van der Waals surface area (Å²) in [7, 11) is 0. The number of aryl methyl sites for hydroxylation is 1. The van der Waals surface area contributed by atoms with Crippen molar-refractivity contribution in [3.8, 4) is 6.07 Å². The molecule has 13 heavy (non-hydrogen) atoms. The molecule has 3 heteroatoms. The third-order valence-corrected chi connectivity index (χ3v) is 4.06. The molecule has 0 amide bonds. The van der Waals surface area contributed by atoms with E-state index in [0.717, 1.165) is 11.1 Å². The summed E-state index contributed by atoms with van der Waals surface area (Å²) in [5.41, 5.74) is 1.89. The highest BCUT2D eigenvalue weighted by Crippen LogP contribution is 2.30. The van der Waals surface area contributed by atoms with Gasteiger partial charge in [-0.25, -0.2) is 0 Å². The Morgan fingerprint density at radius 3 is 2.92 bits per heavy atom. The van der Waals surface area contributed by atoms with Crippen molar-refractivity contribution in [2.45, 2.75) is 6.92 Å². The summed E-state index contributed by atoms with van der Waals surface area (Å²) in [6, 6.07) is 8.25. The SMILES string of the molecule is Cc1c(C#N)ccc2cc(I)sc12. The Kier molecular flexibility index (Phi) is 2.26. The van der Waals surface area contributed by atoms with E-state index in [9.17, 15) is 0 Å². The third-order valence-electron chi connectivity index (χ3n) is 2.03. The fourth-order valence-corrected chi connectivity index (χ4v) is 3.22. The van der Waals surface area contributed by atoms with Gasteiger partial charge in [-0.15, -0.1) is 11.3 Å². The maximum absolute atomic E-state index is 8.84. The fourth-order valence-electron chi connectivity index (χ4n) is 1.33. The lowest BCUT2D eigenvalue weighted by molar-refractivity contribution is 1.44. The quantitative estimate of drug-likeness (QED) is 0.681. The lowest BCUT2D eigenvalue weighted by Crippen LogP contribution is -1.80. The topological polar surface area (TPSA) is 23.8 Å². The van der Waals surface area contributed by atoms with Crippen LogP contribution in [0.2, 0.25) is 0 Å². The molecule has 2 rings (SSSR count). The minimum Gasteiger partial charge on any atom is -0.192 e. The summed E-state index contributed by atoms with van der Waals surface area (Å²) in [6.07, 6.45) is 0. The van der Waals surface area contributed by atoms with E-state index < -0.39 is 0 Å². The first-order valence-electron chi connectivity index (χ1n) is 3.81. The van der Waals surface area contributed by atoms with Crippen molar-refractivity contribution in [1.29, 1.82) is 5.26 Å². The second-order valence-electron chi connectivity index (χ2n) is 2.82. The Labute approximate surface area is 94.1 Å². The first-order valence-corrected chi connectivity index (χ1v) is 5.70. The van der Waals surface area contributed by atoms with Gasteiger partial charge in [0.25, 0.3) is 0 Å². The van der Waals surface area contributed by atoms with E-state index in [1.165, 1.54) is 13.0 Å². The lowest BCUT2D eigenvalue weighted by Gasteiger charge is -1.96. The first-order chi connectivity index (χ1) is 6.22. The van der Waals surface area contributed by atoms with Crippen LogP contribution in [0.15, 0.2) is 18.2 Å². The molecule has 0 saturated heterocycles. The predicted octanol–water partition coefficient (Wildman–Crippen LogP) is 3.69. The monoisotopic (exact) mass is 299 g/mol. The van der Waals surface area contributed by atoms with Crippen molar-refractivity contribution in [3.63, 3.8) is 0 Å². The van der Waals surface area contributed by atoms with Crippen molar-refractivity contribution >= 4 is 44.0 Å². The van der Waals surface area contributed by atoms with Gasteiger partial charge in [0.1, 0.15) is 0 Å². The zero-order chi connectivity index (χ0) is 9.42. The number of nitrogens with zero attached hydrogens (tertiary/aromatic N) is 1. The molecule has 0 radical (unpaired) electrons. The zero-order valence-electron chi connectivity index (χ0n) is 6.97. The summed E-state index contributed by atoms with van der Waals surface area (Å²) in [4.78, 5) is 0. The van der Waals surface area contributed by atoms with Gasteiger partial charge in [0.15, 0.2) is 0 Å². The van der Waals surface area contributed by atoms with Crippen LogP contribution in [-0.4, -0.2) is 0 Å². The van der Waals surface area contributed by atoms with Crippen molar-refractivity contribution in [3.05, 3.63) is 32.2 Å². The number of hydrogen-bond acceptors (Lipinski definition) is 2. The molecule has 0 bridgehead atoms. The van der Waals surface area contributed by atoms with Crippen LogP contribution in [0, 0.1) is 21.1 Å². The molecule has 0 saturated carbocycles. The number of thiophene rings is 1. The largest absolute Gasteiger partial charge is 0.192 e. The molecule has 0 unspecified atom stereocenters. The number of rotatable bonds is 0. The van der Waals surface area contributed by atoms with E-state index in [4.69, 9.17) is 5.26 Å². The molecule has 1 nitrogen and oxygen atoms in total. The van der Waals surface area contributed by atoms with E-state index in [-0.39, 0.29) is 0 Å². The highest BCUT2D eigenvalue weighted by molar-refractivity contribution is 14.1. The third kappa shape index (κ3) is 1.45. The molecule has 1 aromatic carbocycles. The summed E-state index contributed by atoms with van der Waals surface area (Å²) >= 11 is 4.05. The molecule has 2 aromatic rings. The molecule has 0 aliphatic rings. The van der Waals surface area contributed by atoms with Gasteiger partial charge < -0.3 is 0 Å². The van der Waals surface area contributed by atoms with E-state index in [1.54, 1.807) is 11.3 Å². The van der Waals surface area contributed by atoms with Crippen LogP contribution in [0.4, 0.5) is 0 Å². The normalized spacial score (nSPS) is 10.2. The molecular weight excluding hydrogens is 293 g/mol. The second-order valence-corrected chi connectivity index (χ2v) is 5.77. The van der Waals surface area contributed by atoms with Crippen molar-refractivity contribution < 1.29 is 0 Å². The molecule has 0 aliphatic heterocycles. The smallest absolute Gasteiger partial charge is 0.0994 e. The zero-order valence-corrected chi connectivity index (χ0v) is 9.94. The minimum atomic E-state index is 0.783. The Morgan fingerprint density at radius 1 is 1.46 bits per heavy atom. The summed E-state index contributed by atoms with van der Waals surface area (Å²) in [6.45, 7) is 2.01. The van der Waals surface area contributed by atoms with E-state index in [2.05, 4.69) is 34.7 Å². The molecule has 0 atom stereocenters. The average molecular weight is 299 g/mol. The molecule has 1 aromatic heterocycles. The fraction of sp³-hybridized carbons (Fsp3) is 0.100. The van der Waals surface area contributed by atoms with Gasteiger partial charge in [-0.1, -0.05) is 6.07 Å². The van der Waals surface area contributed by atoms with Gasteiger partial charge >= 0.3 is 0 Å². The van der Waals surface area contributed by atoms with Gasteiger partial charge in [-0.05, 0) is 52.6 Å². The molecule has 64 valence electrons. The van der Waals surface area contributed by atoms with Gasteiger partial charge in [0.05, 0.1) is 14.5 Å². The van der Waals surface area contributed by atoms with Crippen LogP contribution < -0.4 is 0 Å². The Morgan fingerprint density at radius 2 is 2.23 bits per heavy atom. The summed E-state index contributed by atoms with van der Waals surface area (Å²) < 4.78 is 2.51. The number of benzene rings is 1. The van der Waals surface area contributed by atoms with E-state index in [0.29, 0.717) is 0 Å². The Bertz CT molecular complexity index is 507. The standard InChI is InChI=1S/C10H6INS/c1-6-8(5-12)3-2-7-4-9(11)13-10(6)7/h2-4H,1H3. The van der Waals surface area contributed by atoms with Crippen LogP contribution in [0.1, 0.15) is 11.1 Å². The van der Waals surface area contributed by atoms with Gasteiger partial charge in [-0.3, -0.25) is 0 Å². The highest BCUT2D eigenvalue weighted by Gasteiger charge is 2.05.